The summed E-state index contributed by atoms with van der Waals surface area (Å²) >= 11 is 0. The SMILES string of the molecule is O=C(O)c1ccnc(OS(=O)(=O)C(F)(F)F)n1. The van der Waals surface area contributed by atoms with Crippen LogP contribution in [0.4, 0.5) is 13.2 Å². The lowest BCUT2D eigenvalue weighted by molar-refractivity contribution is -0.0502. The molecule has 0 spiro atoms. The van der Waals surface area contributed by atoms with E-state index < -0.39 is 33.3 Å². The Morgan fingerprint density at radius 1 is 1.41 bits per heavy atom. The normalized spacial score (nSPS) is 12.2. The zero-order valence-corrected chi connectivity index (χ0v) is 8.49. The van der Waals surface area contributed by atoms with Crippen molar-refractivity contribution in [2.45, 2.75) is 5.51 Å². The van der Waals surface area contributed by atoms with Crippen molar-refractivity contribution >= 4 is 16.1 Å². The van der Waals surface area contributed by atoms with E-state index in [1.165, 1.54) is 0 Å². The van der Waals surface area contributed by atoms with Crippen molar-refractivity contribution in [2.75, 3.05) is 0 Å². The second kappa shape index (κ2) is 4.16. The van der Waals surface area contributed by atoms with Crippen molar-refractivity contribution in [2.24, 2.45) is 0 Å². The molecule has 1 aromatic rings. The number of carbonyl (C=O) groups is 1. The topological polar surface area (TPSA) is 106 Å². The summed E-state index contributed by atoms with van der Waals surface area (Å²) < 4.78 is 60.3. The second-order valence-electron chi connectivity index (χ2n) is 2.51. The molecule has 0 radical (unpaired) electrons. The van der Waals surface area contributed by atoms with Gasteiger partial charge in [-0.15, -0.1) is 0 Å². The fraction of sp³-hybridized carbons (Fsp3) is 0.167. The number of hydrogen-bond acceptors (Lipinski definition) is 6. The lowest BCUT2D eigenvalue weighted by Gasteiger charge is -2.07. The van der Waals surface area contributed by atoms with E-state index in [0.29, 0.717) is 0 Å². The number of carboxylic acid groups (broad SMARTS) is 1. The van der Waals surface area contributed by atoms with E-state index in [2.05, 4.69) is 14.2 Å². The fourth-order valence-corrected chi connectivity index (χ4v) is 1.02. The van der Waals surface area contributed by atoms with Gasteiger partial charge in [-0.2, -0.15) is 26.6 Å². The molecule has 1 aromatic heterocycles. The molecule has 1 rings (SSSR count). The van der Waals surface area contributed by atoms with Crippen molar-refractivity contribution in [3.8, 4) is 6.01 Å². The summed E-state index contributed by atoms with van der Waals surface area (Å²) in [5.41, 5.74) is -6.34. The molecule has 7 nitrogen and oxygen atoms in total. The van der Waals surface area contributed by atoms with Gasteiger partial charge in [-0.3, -0.25) is 0 Å². The van der Waals surface area contributed by atoms with Gasteiger partial charge in [0.1, 0.15) is 0 Å². The van der Waals surface area contributed by atoms with Crippen LogP contribution in [0.25, 0.3) is 0 Å². The van der Waals surface area contributed by atoms with Crippen molar-refractivity contribution < 1.29 is 35.7 Å². The number of aromatic nitrogens is 2. The highest BCUT2D eigenvalue weighted by molar-refractivity contribution is 7.87. The Morgan fingerprint density at radius 3 is 2.47 bits per heavy atom. The van der Waals surface area contributed by atoms with Gasteiger partial charge in [0, 0.05) is 6.20 Å². The predicted octanol–water partition coefficient (Wildman–Crippen LogP) is 0.403. The third kappa shape index (κ3) is 3.03. The molecule has 0 atom stereocenters. The van der Waals surface area contributed by atoms with Crippen molar-refractivity contribution in [3.63, 3.8) is 0 Å². The maximum absolute atomic E-state index is 11.9. The van der Waals surface area contributed by atoms with Gasteiger partial charge in [0.25, 0.3) is 0 Å². The fourth-order valence-electron chi connectivity index (χ4n) is 0.645. The molecule has 1 N–H and O–H groups in total. The Morgan fingerprint density at radius 2 is 2.00 bits per heavy atom. The molecule has 0 saturated carbocycles. The molecule has 11 heteroatoms. The predicted molar refractivity (Wildman–Crippen MR) is 44.6 cm³/mol. The minimum absolute atomic E-state index is 0.702. The summed E-state index contributed by atoms with van der Waals surface area (Å²) in [6, 6.07) is -0.364. The van der Waals surface area contributed by atoms with Crippen LogP contribution in [0.3, 0.4) is 0 Å². The number of hydrogen-bond donors (Lipinski definition) is 1. The Bertz CT molecular complexity index is 541. The Hall–Kier alpha value is -1.91. The molecule has 0 aromatic carbocycles. The first-order chi connectivity index (χ1) is 7.63. The quantitative estimate of drug-likeness (QED) is 0.627. The molecule has 94 valence electrons. The molecule has 0 bridgehead atoms. The standard InChI is InChI=1S/C6H3F3N2O5S/c7-6(8,9)17(14,15)16-5-10-2-1-3(11-5)4(12)13/h1-2H,(H,12,13). The third-order valence-electron chi connectivity index (χ3n) is 1.32. The van der Waals surface area contributed by atoms with Gasteiger partial charge in [-0.05, 0) is 6.07 Å². The van der Waals surface area contributed by atoms with Gasteiger partial charge in [-0.1, -0.05) is 0 Å². The third-order valence-corrected chi connectivity index (χ3v) is 2.26. The van der Waals surface area contributed by atoms with E-state index in [1.807, 2.05) is 0 Å². The number of nitrogens with zero attached hydrogens (tertiary/aromatic N) is 2. The molecule has 0 aliphatic rings. The van der Waals surface area contributed by atoms with E-state index in [0.717, 1.165) is 12.3 Å². The highest BCUT2D eigenvalue weighted by Crippen LogP contribution is 2.25. The molecule has 0 aliphatic carbocycles. The van der Waals surface area contributed by atoms with Crippen molar-refractivity contribution in [3.05, 3.63) is 18.0 Å². The van der Waals surface area contributed by atoms with E-state index >= 15 is 0 Å². The number of rotatable bonds is 3. The molecule has 0 amide bonds. The Kier molecular flexibility index (Phi) is 3.22. The summed E-state index contributed by atoms with van der Waals surface area (Å²) in [5.74, 6) is -1.57. The van der Waals surface area contributed by atoms with E-state index in [1.54, 1.807) is 0 Å². The number of aromatic carboxylic acids is 1. The number of carboxylic acids is 1. The molecule has 0 aliphatic heterocycles. The molecule has 0 unspecified atom stereocenters. The Balaban J connectivity index is 3.05. The first-order valence-corrected chi connectivity index (χ1v) is 5.11. The van der Waals surface area contributed by atoms with Crippen molar-refractivity contribution in [1.82, 2.24) is 9.97 Å². The molecule has 1 heterocycles. The van der Waals surface area contributed by atoms with Crippen LogP contribution in [-0.2, 0) is 10.1 Å². The first-order valence-electron chi connectivity index (χ1n) is 3.70. The van der Waals surface area contributed by atoms with Gasteiger partial charge in [0.2, 0.25) is 0 Å². The van der Waals surface area contributed by atoms with Crippen LogP contribution in [0.5, 0.6) is 6.01 Å². The summed E-state index contributed by atoms with van der Waals surface area (Å²) in [5, 5.41) is 8.45. The summed E-state index contributed by atoms with van der Waals surface area (Å²) in [6.07, 6.45) is 0.748. The largest absolute Gasteiger partial charge is 0.534 e. The Labute approximate surface area is 92.0 Å². The van der Waals surface area contributed by atoms with Gasteiger partial charge in [0.15, 0.2) is 5.69 Å². The van der Waals surface area contributed by atoms with E-state index in [4.69, 9.17) is 5.11 Å². The lowest BCUT2D eigenvalue weighted by Crippen LogP contribution is -2.28. The lowest BCUT2D eigenvalue weighted by atomic mass is 10.4. The average Bonchev–Trinajstić information content (AvgIpc) is 2.15. The molecule has 0 fully saturated rings. The maximum atomic E-state index is 11.9. The minimum Gasteiger partial charge on any atom is -0.477 e. The van der Waals surface area contributed by atoms with Gasteiger partial charge >= 0.3 is 27.6 Å². The second-order valence-corrected chi connectivity index (χ2v) is 4.05. The zero-order valence-electron chi connectivity index (χ0n) is 7.67. The highest BCUT2D eigenvalue weighted by Gasteiger charge is 2.49. The van der Waals surface area contributed by atoms with E-state index in [9.17, 15) is 26.4 Å². The van der Waals surface area contributed by atoms with Crippen LogP contribution in [-0.4, -0.2) is 35.0 Å². The molecular formula is C6H3F3N2O5S. The van der Waals surface area contributed by atoms with Crippen molar-refractivity contribution in [1.29, 1.82) is 0 Å². The van der Waals surface area contributed by atoms with Gasteiger partial charge in [-0.25, -0.2) is 9.78 Å². The smallest absolute Gasteiger partial charge is 0.477 e. The average molecular weight is 272 g/mol. The summed E-state index contributed by atoms with van der Waals surface area (Å²) in [6.45, 7) is 0. The van der Waals surface area contributed by atoms with Gasteiger partial charge in [0.05, 0.1) is 0 Å². The van der Waals surface area contributed by atoms with Crippen LogP contribution in [0.1, 0.15) is 10.5 Å². The minimum atomic E-state index is -5.91. The summed E-state index contributed by atoms with van der Waals surface area (Å²) in [7, 11) is -5.91. The zero-order chi connectivity index (χ0) is 13.3. The van der Waals surface area contributed by atoms with E-state index in [-0.39, 0.29) is 0 Å². The van der Waals surface area contributed by atoms with Crippen LogP contribution in [0.2, 0.25) is 0 Å². The molecule has 17 heavy (non-hydrogen) atoms. The van der Waals surface area contributed by atoms with Gasteiger partial charge < -0.3 is 9.29 Å². The molecular weight excluding hydrogens is 269 g/mol. The van der Waals surface area contributed by atoms with Crippen LogP contribution in [0.15, 0.2) is 12.3 Å². The number of halogens is 3. The van der Waals surface area contributed by atoms with Crippen LogP contribution in [0, 0.1) is 0 Å². The monoisotopic (exact) mass is 272 g/mol. The first kappa shape index (κ1) is 13.2. The number of alkyl halides is 3. The van der Waals surface area contributed by atoms with Crippen LogP contribution >= 0.6 is 0 Å². The summed E-state index contributed by atoms with van der Waals surface area (Å²) in [4.78, 5) is 16.4. The highest BCUT2D eigenvalue weighted by atomic mass is 32.2. The molecule has 0 saturated heterocycles. The maximum Gasteiger partial charge on any atom is 0.534 e. The van der Waals surface area contributed by atoms with Crippen LogP contribution < -0.4 is 4.18 Å².